The number of ether oxygens (including phenoxy) is 2. The van der Waals surface area contributed by atoms with Crippen LogP contribution in [-0.2, 0) is 14.3 Å². The van der Waals surface area contributed by atoms with E-state index in [1.54, 1.807) is 36.4 Å². The minimum atomic E-state index is -0.685. The molecule has 0 heterocycles. The number of hydrogen-bond donors (Lipinski definition) is 2. The number of aryl methyl sites for hydroxylation is 1. The highest BCUT2D eigenvalue weighted by Crippen LogP contribution is 2.23. The molecule has 0 aromatic heterocycles. The van der Waals surface area contributed by atoms with Crippen molar-refractivity contribution in [2.75, 3.05) is 13.2 Å². The van der Waals surface area contributed by atoms with Crippen LogP contribution in [0.15, 0.2) is 48.5 Å². The van der Waals surface area contributed by atoms with Crippen LogP contribution in [0.1, 0.15) is 41.3 Å². The highest BCUT2D eigenvalue weighted by molar-refractivity contribution is 5.95. The van der Waals surface area contributed by atoms with Gasteiger partial charge in [0.2, 0.25) is 0 Å². The summed E-state index contributed by atoms with van der Waals surface area (Å²) in [7, 11) is 0. The van der Waals surface area contributed by atoms with Crippen molar-refractivity contribution in [3.63, 3.8) is 0 Å². The number of carbonyl (C=O) groups is 3. The van der Waals surface area contributed by atoms with Gasteiger partial charge in [-0.2, -0.15) is 0 Å². The summed E-state index contributed by atoms with van der Waals surface area (Å²) in [5, 5.41) is 0. The van der Waals surface area contributed by atoms with Gasteiger partial charge in [0.1, 0.15) is 5.75 Å². The van der Waals surface area contributed by atoms with Gasteiger partial charge in [-0.05, 0) is 48.2 Å². The van der Waals surface area contributed by atoms with Gasteiger partial charge >= 0.3 is 5.97 Å². The number of carbonyl (C=O) groups excluding carboxylic acids is 3. The molecule has 2 aromatic rings. The monoisotopic (exact) mass is 384 g/mol. The van der Waals surface area contributed by atoms with Crippen molar-refractivity contribution >= 4 is 17.8 Å². The molecule has 2 aromatic carbocycles. The second-order valence-electron chi connectivity index (χ2n) is 6.49. The van der Waals surface area contributed by atoms with Gasteiger partial charge in [0.05, 0.1) is 0 Å². The Morgan fingerprint density at radius 3 is 2.32 bits per heavy atom. The zero-order valence-electron chi connectivity index (χ0n) is 16.2. The van der Waals surface area contributed by atoms with Gasteiger partial charge < -0.3 is 9.47 Å². The highest BCUT2D eigenvalue weighted by Gasteiger charge is 2.11. The average molecular weight is 384 g/mol. The van der Waals surface area contributed by atoms with Crippen LogP contribution in [0.3, 0.4) is 0 Å². The summed E-state index contributed by atoms with van der Waals surface area (Å²) in [4.78, 5) is 35.2. The molecule has 7 nitrogen and oxygen atoms in total. The van der Waals surface area contributed by atoms with E-state index >= 15 is 0 Å². The lowest BCUT2D eigenvalue weighted by Crippen LogP contribution is -2.43. The number of rotatable bonds is 7. The molecule has 28 heavy (non-hydrogen) atoms. The molecule has 0 aliphatic rings. The molecule has 0 atom stereocenters. The largest absolute Gasteiger partial charge is 0.482 e. The summed E-state index contributed by atoms with van der Waals surface area (Å²) in [5.41, 5.74) is 7.10. The fourth-order valence-electron chi connectivity index (χ4n) is 2.54. The zero-order valence-corrected chi connectivity index (χ0v) is 16.2. The Labute approximate surface area is 164 Å². The van der Waals surface area contributed by atoms with Crippen molar-refractivity contribution in [2.45, 2.75) is 26.7 Å². The SMILES string of the molecule is Cc1cc(OCC(=O)OCC(=O)NNC(=O)c2ccccc2)ccc1C(C)C. The van der Waals surface area contributed by atoms with E-state index in [1.807, 2.05) is 19.1 Å². The third kappa shape index (κ3) is 6.42. The van der Waals surface area contributed by atoms with E-state index in [-0.39, 0.29) is 6.61 Å². The molecule has 7 heteroatoms. The normalized spacial score (nSPS) is 10.3. The maximum absolute atomic E-state index is 11.8. The Bertz CT molecular complexity index is 834. The lowest BCUT2D eigenvalue weighted by atomic mass is 9.98. The first-order valence-corrected chi connectivity index (χ1v) is 8.90. The van der Waals surface area contributed by atoms with Gasteiger partial charge in [-0.15, -0.1) is 0 Å². The van der Waals surface area contributed by atoms with Crippen LogP contribution in [0.4, 0.5) is 0 Å². The number of benzene rings is 2. The second-order valence-corrected chi connectivity index (χ2v) is 6.49. The van der Waals surface area contributed by atoms with Crippen LogP contribution in [0.5, 0.6) is 5.75 Å². The molecular formula is C21H24N2O5. The van der Waals surface area contributed by atoms with E-state index in [0.717, 1.165) is 5.56 Å². The van der Waals surface area contributed by atoms with Gasteiger partial charge in [0.15, 0.2) is 13.2 Å². The maximum Gasteiger partial charge on any atom is 0.344 e. The number of hydrogen-bond acceptors (Lipinski definition) is 5. The summed E-state index contributed by atoms with van der Waals surface area (Å²) >= 11 is 0. The van der Waals surface area contributed by atoms with Crippen molar-refractivity contribution < 1.29 is 23.9 Å². The Morgan fingerprint density at radius 1 is 0.964 bits per heavy atom. The van der Waals surface area contributed by atoms with E-state index < -0.39 is 24.4 Å². The van der Waals surface area contributed by atoms with Crippen LogP contribution in [0.25, 0.3) is 0 Å². The Kier molecular flexibility index (Phi) is 7.56. The topological polar surface area (TPSA) is 93.7 Å². The average Bonchev–Trinajstić information content (AvgIpc) is 2.69. The van der Waals surface area contributed by atoms with Gasteiger partial charge in [-0.1, -0.05) is 38.1 Å². The van der Waals surface area contributed by atoms with Crippen molar-refractivity contribution in [1.29, 1.82) is 0 Å². The van der Waals surface area contributed by atoms with Crippen molar-refractivity contribution in [1.82, 2.24) is 10.9 Å². The summed E-state index contributed by atoms with van der Waals surface area (Å²) in [6, 6.07) is 14.0. The van der Waals surface area contributed by atoms with Crippen molar-refractivity contribution in [3.8, 4) is 5.75 Å². The Balaban J connectivity index is 1.70. The lowest BCUT2D eigenvalue weighted by Gasteiger charge is -2.12. The molecule has 0 fully saturated rings. The van der Waals surface area contributed by atoms with Gasteiger partial charge in [-0.3, -0.25) is 20.4 Å². The molecule has 0 saturated heterocycles. The molecule has 148 valence electrons. The first-order chi connectivity index (χ1) is 13.4. The lowest BCUT2D eigenvalue weighted by molar-refractivity contribution is -0.150. The second kappa shape index (κ2) is 10.1. The Morgan fingerprint density at radius 2 is 1.68 bits per heavy atom. The first kappa shape index (κ1) is 21.0. The predicted molar refractivity (Wildman–Crippen MR) is 104 cm³/mol. The fraction of sp³-hybridized carbons (Fsp3) is 0.286. The zero-order chi connectivity index (χ0) is 20.5. The molecule has 2 rings (SSSR count). The van der Waals surface area contributed by atoms with E-state index in [1.165, 1.54) is 5.56 Å². The number of nitrogens with one attached hydrogen (secondary N) is 2. The molecular weight excluding hydrogens is 360 g/mol. The number of amides is 2. The molecule has 0 radical (unpaired) electrons. The molecule has 0 aliphatic carbocycles. The summed E-state index contributed by atoms with van der Waals surface area (Å²) < 4.78 is 10.2. The smallest absolute Gasteiger partial charge is 0.344 e. The predicted octanol–water partition coefficient (Wildman–Crippen LogP) is 2.50. The van der Waals surface area contributed by atoms with E-state index in [4.69, 9.17) is 9.47 Å². The highest BCUT2D eigenvalue weighted by atomic mass is 16.6. The molecule has 2 amide bonds. The van der Waals surface area contributed by atoms with Crippen LogP contribution in [-0.4, -0.2) is 31.0 Å². The van der Waals surface area contributed by atoms with Crippen LogP contribution in [0.2, 0.25) is 0 Å². The third-order valence-corrected chi connectivity index (χ3v) is 3.94. The first-order valence-electron chi connectivity index (χ1n) is 8.90. The van der Waals surface area contributed by atoms with Crippen molar-refractivity contribution in [2.24, 2.45) is 0 Å². The maximum atomic E-state index is 11.8. The molecule has 2 N–H and O–H groups in total. The molecule has 0 saturated carbocycles. The Hall–Kier alpha value is -3.35. The van der Waals surface area contributed by atoms with E-state index in [9.17, 15) is 14.4 Å². The quantitative estimate of drug-likeness (QED) is 0.565. The molecule has 0 spiro atoms. The molecule has 0 unspecified atom stereocenters. The summed E-state index contributed by atoms with van der Waals surface area (Å²) in [6.45, 7) is 5.35. The fourth-order valence-corrected chi connectivity index (χ4v) is 2.54. The molecule has 0 aliphatic heterocycles. The van der Waals surface area contributed by atoms with Gasteiger partial charge in [0, 0.05) is 5.56 Å². The number of esters is 1. The van der Waals surface area contributed by atoms with Gasteiger partial charge in [0.25, 0.3) is 11.8 Å². The van der Waals surface area contributed by atoms with Crippen LogP contribution >= 0.6 is 0 Å². The van der Waals surface area contributed by atoms with Crippen molar-refractivity contribution in [3.05, 3.63) is 65.2 Å². The van der Waals surface area contributed by atoms with E-state index in [2.05, 4.69) is 24.7 Å². The standard InChI is InChI=1S/C21H24N2O5/c1-14(2)18-10-9-17(11-15(18)3)27-13-20(25)28-12-19(24)22-23-21(26)16-7-5-4-6-8-16/h4-11,14H,12-13H2,1-3H3,(H,22,24)(H,23,26). The summed E-state index contributed by atoms with van der Waals surface area (Å²) in [5.74, 6) is -0.855. The van der Waals surface area contributed by atoms with Crippen LogP contribution < -0.4 is 15.6 Å². The minimum Gasteiger partial charge on any atom is -0.482 e. The third-order valence-electron chi connectivity index (χ3n) is 3.94. The number of hydrazine groups is 1. The molecule has 0 bridgehead atoms. The van der Waals surface area contributed by atoms with Crippen LogP contribution in [0, 0.1) is 6.92 Å². The van der Waals surface area contributed by atoms with Gasteiger partial charge in [-0.25, -0.2) is 4.79 Å². The van der Waals surface area contributed by atoms with E-state index in [0.29, 0.717) is 17.2 Å². The summed E-state index contributed by atoms with van der Waals surface area (Å²) in [6.07, 6.45) is 0. The minimum absolute atomic E-state index is 0.315.